The van der Waals surface area contributed by atoms with E-state index in [1.165, 1.54) is 11.3 Å². The van der Waals surface area contributed by atoms with Crippen LogP contribution in [0.25, 0.3) is 0 Å². The van der Waals surface area contributed by atoms with Gasteiger partial charge in [0.25, 0.3) is 5.91 Å². The SMILES string of the molecule is CC(NC(=O)C(C)(C)C)C(=O)N=c1sccn1C. The fraction of sp³-hybridized carbons (Fsp3) is 0.583. The number of aromatic nitrogens is 1. The Balaban J connectivity index is 2.75. The highest BCUT2D eigenvalue weighted by Gasteiger charge is 2.24. The lowest BCUT2D eigenvalue weighted by Crippen LogP contribution is -2.44. The van der Waals surface area contributed by atoms with Crippen LogP contribution in [0.2, 0.25) is 0 Å². The molecule has 0 aromatic carbocycles. The van der Waals surface area contributed by atoms with Gasteiger partial charge in [0.05, 0.1) is 0 Å². The van der Waals surface area contributed by atoms with Gasteiger partial charge in [-0.2, -0.15) is 4.99 Å². The molecule has 0 aliphatic rings. The Morgan fingerprint density at radius 2 is 2.06 bits per heavy atom. The van der Waals surface area contributed by atoms with Gasteiger partial charge in [-0.15, -0.1) is 11.3 Å². The summed E-state index contributed by atoms with van der Waals surface area (Å²) in [5, 5.41) is 4.52. The number of hydrogen-bond donors (Lipinski definition) is 1. The smallest absolute Gasteiger partial charge is 0.270 e. The maximum absolute atomic E-state index is 11.8. The number of rotatable bonds is 2. The van der Waals surface area contributed by atoms with E-state index in [9.17, 15) is 9.59 Å². The molecule has 1 aromatic rings. The van der Waals surface area contributed by atoms with Crippen molar-refractivity contribution in [3.8, 4) is 0 Å². The zero-order valence-corrected chi connectivity index (χ0v) is 12.2. The fourth-order valence-electron chi connectivity index (χ4n) is 1.10. The molecular weight excluding hydrogens is 250 g/mol. The van der Waals surface area contributed by atoms with Crippen molar-refractivity contribution in [2.24, 2.45) is 17.5 Å². The molecule has 1 rings (SSSR count). The van der Waals surface area contributed by atoms with Gasteiger partial charge in [-0.25, -0.2) is 0 Å². The summed E-state index contributed by atoms with van der Waals surface area (Å²) in [5.41, 5.74) is -0.512. The Hall–Kier alpha value is -1.43. The number of carbonyl (C=O) groups is 2. The van der Waals surface area contributed by atoms with Crippen LogP contribution in [0, 0.1) is 5.41 Å². The lowest BCUT2D eigenvalue weighted by molar-refractivity contribution is -0.132. The van der Waals surface area contributed by atoms with Crippen molar-refractivity contribution >= 4 is 23.2 Å². The molecule has 0 aliphatic carbocycles. The van der Waals surface area contributed by atoms with E-state index in [0.29, 0.717) is 4.80 Å². The van der Waals surface area contributed by atoms with Crippen molar-refractivity contribution in [1.82, 2.24) is 9.88 Å². The Bertz CT molecular complexity index is 508. The molecule has 18 heavy (non-hydrogen) atoms. The van der Waals surface area contributed by atoms with E-state index >= 15 is 0 Å². The number of amides is 2. The molecule has 1 N–H and O–H groups in total. The number of aryl methyl sites for hydroxylation is 1. The predicted octanol–water partition coefficient (Wildman–Crippen LogP) is 1.06. The molecule has 0 bridgehead atoms. The Morgan fingerprint density at radius 3 is 2.50 bits per heavy atom. The van der Waals surface area contributed by atoms with Crippen molar-refractivity contribution in [2.45, 2.75) is 33.7 Å². The summed E-state index contributed by atoms with van der Waals surface area (Å²) in [6.45, 7) is 7.05. The Morgan fingerprint density at radius 1 is 1.44 bits per heavy atom. The van der Waals surface area contributed by atoms with Crippen LogP contribution >= 0.6 is 11.3 Å². The number of hydrogen-bond acceptors (Lipinski definition) is 3. The van der Waals surface area contributed by atoms with E-state index in [1.54, 1.807) is 32.3 Å². The lowest BCUT2D eigenvalue weighted by atomic mass is 9.95. The van der Waals surface area contributed by atoms with Crippen LogP contribution in [-0.4, -0.2) is 22.4 Å². The summed E-state index contributed by atoms with van der Waals surface area (Å²) >= 11 is 1.38. The fourth-order valence-corrected chi connectivity index (χ4v) is 1.84. The highest BCUT2D eigenvalue weighted by atomic mass is 32.1. The average Bonchev–Trinajstić information content (AvgIpc) is 2.62. The van der Waals surface area contributed by atoms with E-state index in [-0.39, 0.29) is 11.8 Å². The minimum atomic E-state index is -0.612. The second-order valence-corrected chi connectivity index (χ2v) is 6.06. The molecule has 0 saturated heterocycles. The standard InChI is InChI=1S/C12H19N3O2S/c1-8(13-10(17)12(2,3)4)9(16)14-11-15(5)6-7-18-11/h6-8H,1-5H3,(H,13,17). The number of thiazole rings is 1. The number of carbonyl (C=O) groups excluding carboxylic acids is 2. The van der Waals surface area contributed by atoms with Crippen molar-refractivity contribution in [3.63, 3.8) is 0 Å². The van der Waals surface area contributed by atoms with Crippen LogP contribution in [0.4, 0.5) is 0 Å². The summed E-state index contributed by atoms with van der Waals surface area (Å²) in [4.78, 5) is 28.2. The van der Waals surface area contributed by atoms with Gasteiger partial charge < -0.3 is 9.88 Å². The second kappa shape index (κ2) is 5.48. The summed E-state index contributed by atoms with van der Waals surface area (Å²) in [6, 6.07) is -0.612. The van der Waals surface area contributed by atoms with Gasteiger partial charge in [-0.1, -0.05) is 20.8 Å². The third kappa shape index (κ3) is 3.80. The van der Waals surface area contributed by atoms with Crippen molar-refractivity contribution in [1.29, 1.82) is 0 Å². The molecule has 0 fully saturated rings. The van der Waals surface area contributed by atoms with Gasteiger partial charge in [-0.3, -0.25) is 9.59 Å². The maximum atomic E-state index is 11.8. The minimum absolute atomic E-state index is 0.158. The summed E-state index contributed by atoms with van der Waals surface area (Å²) in [5.74, 6) is -0.500. The summed E-state index contributed by atoms with van der Waals surface area (Å²) in [6.07, 6.45) is 1.83. The average molecular weight is 269 g/mol. The van der Waals surface area contributed by atoms with E-state index in [0.717, 1.165) is 0 Å². The molecule has 6 heteroatoms. The molecule has 2 amide bonds. The van der Waals surface area contributed by atoms with E-state index < -0.39 is 11.5 Å². The van der Waals surface area contributed by atoms with E-state index in [4.69, 9.17) is 0 Å². The van der Waals surface area contributed by atoms with Crippen LogP contribution in [0.15, 0.2) is 16.6 Å². The lowest BCUT2D eigenvalue weighted by Gasteiger charge is -2.20. The van der Waals surface area contributed by atoms with Crippen LogP contribution in [0.5, 0.6) is 0 Å². The van der Waals surface area contributed by atoms with Gasteiger partial charge in [0.1, 0.15) is 6.04 Å². The quantitative estimate of drug-likeness (QED) is 0.872. The Labute approximate surface area is 111 Å². The first kappa shape index (κ1) is 14.6. The van der Waals surface area contributed by atoms with Crippen LogP contribution in [-0.2, 0) is 16.6 Å². The third-order valence-electron chi connectivity index (χ3n) is 2.36. The first-order valence-electron chi connectivity index (χ1n) is 5.71. The van der Waals surface area contributed by atoms with E-state index in [2.05, 4.69) is 10.3 Å². The van der Waals surface area contributed by atoms with E-state index in [1.807, 2.05) is 18.6 Å². The van der Waals surface area contributed by atoms with Crippen molar-refractivity contribution in [3.05, 3.63) is 16.4 Å². The molecule has 100 valence electrons. The highest BCUT2D eigenvalue weighted by molar-refractivity contribution is 7.07. The number of nitrogens with one attached hydrogen (secondary N) is 1. The minimum Gasteiger partial charge on any atom is -0.344 e. The molecule has 1 atom stereocenters. The molecule has 5 nitrogen and oxygen atoms in total. The first-order valence-corrected chi connectivity index (χ1v) is 6.59. The van der Waals surface area contributed by atoms with Gasteiger partial charge in [-0.05, 0) is 6.92 Å². The topological polar surface area (TPSA) is 63.5 Å². The summed E-state index contributed by atoms with van der Waals surface area (Å²) in [7, 11) is 1.82. The molecule has 0 spiro atoms. The van der Waals surface area contributed by atoms with Crippen LogP contribution in [0.1, 0.15) is 27.7 Å². The van der Waals surface area contributed by atoms with Crippen LogP contribution in [0.3, 0.4) is 0 Å². The predicted molar refractivity (Wildman–Crippen MR) is 70.9 cm³/mol. The Kier molecular flexibility index (Phi) is 4.45. The van der Waals surface area contributed by atoms with Gasteiger partial charge in [0, 0.05) is 24.0 Å². The summed E-state index contributed by atoms with van der Waals surface area (Å²) < 4.78 is 1.76. The maximum Gasteiger partial charge on any atom is 0.270 e. The molecular formula is C12H19N3O2S. The van der Waals surface area contributed by atoms with Crippen LogP contribution < -0.4 is 10.1 Å². The molecule has 1 unspecified atom stereocenters. The monoisotopic (exact) mass is 269 g/mol. The first-order chi connectivity index (χ1) is 8.21. The molecule has 0 aliphatic heterocycles. The second-order valence-electron chi connectivity index (χ2n) is 5.19. The van der Waals surface area contributed by atoms with Gasteiger partial charge in [0.15, 0.2) is 4.80 Å². The molecule has 0 radical (unpaired) electrons. The third-order valence-corrected chi connectivity index (χ3v) is 3.21. The van der Waals surface area contributed by atoms with Gasteiger partial charge >= 0.3 is 0 Å². The zero-order valence-electron chi connectivity index (χ0n) is 11.4. The molecule has 1 heterocycles. The zero-order chi connectivity index (χ0) is 13.9. The van der Waals surface area contributed by atoms with Crippen molar-refractivity contribution < 1.29 is 9.59 Å². The molecule has 0 saturated carbocycles. The number of nitrogens with zero attached hydrogens (tertiary/aromatic N) is 2. The largest absolute Gasteiger partial charge is 0.344 e. The highest BCUT2D eigenvalue weighted by Crippen LogP contribution is 2.12. The van der Waals surface area contributed by atoms with Gasteiger partial charge in [0.2, 0.25) is 5.91 Å². The normalized spacial score (nSPS) is 14.4. The van der Waals surface area contributed by atoms with Crippen molar-refractivity contribution in [2.75, 3.05) is 0 Å². The molecule has 1 aromatic heterocycles.